The molecule has 0 aliphatic heterocycles. The third-order valence-electron chi connectivity index (χ3n) is 2.91. The highest BCUT2D eigenvalue weighted by Gasteiger charge is 2.28. The Labute approximate surface area is 119 Å². The first-order chi connectivity index (χ1) is 8.08. The Kier molecular flexibility index (Phi) is 4.27. The molecule has 1 amide bonds. The van der Waals surface area contributed by atoms with Gasteiger partial charge in [-0.1, -0.05) is 11.6 Å². The van der Waals surface area contributed by atoms with Gasteiger partial charge in [0.25, 0.3) is 5.91 Å². The second kappa shape index (κ2) is 5.54. The van der Waals surface area contributed by atoms with Crippen LogP contribution in [0.3, 0.4) is 0 Å². The molecule has 1 aliphatic rings. The molecule has 1 unspecified atom stereocenters. The molecule has 0 radical (unpaired) electrons. The van der Waals surface area contributed by atoms with E-state index < -0.39 is 0 Å². The number of halogens is 2. The molecule has 0 bridgehead atoms. The first kappa shape index (κ1) is 13.1. The van der Waals surface area contributed by atoms with Crippen LogP contribution in [0.5, 0.6) is 0 Å². The quantitative estimate of drug-likeness (QED) is 0.806. The molecule has 1 aliphatic carbocycles. The summed E-state index contributed by atoms with van der Waals surface area (Å²) >= 11 is 8.01. The van der Waals surface area contributed by atoms with E-state index in [1.165, 1.54) is 12.8 Å². The predicted octanol–water partition coefficient (Wildman–Crippen LogP) is 2.41. The molecule has 0 saturated heterocycles. The van der Waals surface area contributed by atoms with Gasteiger partial charge in [0.2, 0.25) is 0 Å². The van der Waals surface area contributed by atoms with E-state index in [0.29, 0.717) is 23.0 Å². The maximum absolute atomic E-state index is 11.8. The van der Waals surface area contributed by atoms with Crippen LogP contribution in [0, 0.1) is 9.49 Å². The van der Waals surface area contributed by atoms with E-state index in [1.807, 2.05) is 0 Å². The van der Waals surface area contributed by atoms with Gasteiger partial charge >= 0.3 is 0 Å². The van der Waals surface area contributed by atoms with Crippen molar-refractivity contribution in [3.63, 3.8) is 0 Å². The summed E-state index contributed by atoms with van der Waals surface area (Å²) in [4.78, 5) is 11.8. The molecule has 0 heterocycles. The molecule has 5 heteroatoms. The van der Waals surface area contributed by atoms with E-state index in [1.54, 1.807) is 18.2 Å². The minimum Gasteiger partial charge on any atom is -0.350 e. The summed E-state index contributed by atoms with van der Waals surface area (Å²) in [6.07, 6.45) is 2.38. The summed E-state index contributed by atoms with van der Waals surface area (Å²) in [5, 5.41) is 3.52. The lowest BCUT2D eigenvalue weighted by molar-refractivity contribution is 0.0950. The number of nitrogens with one attached hydrogen (secondary N) is 1. The van der Waals surface area contributed by atoms with E-state index >= 15 is 0 Å². The summed E-state index contributed by atoms with van der Waals surface area (Å²) in [5.41, 5.74) is 6.55. The Morgan fingerprint density at radius 2 is 2.29 bits per heavy atom. The summed E-state index contributed by atoms with van der Waals surface area (Å²) in [6, 6.07) is 5.33. The van der Waals surface area contributed by atoms with E-state index in [2.05, 4.69) is 27.9 Å². The van der Waals surface area contributed by atoms with Crippen molar-refractivity contribution in [3.05, 3.63) is 32.4 Å². The number of carbonyl (C=O) groups is 1. The minimum atomic E-state index is -0.0873. The number of benzene rings is 1. The molecule has 1 saturated carbocycles. The molecule has 92 valence electrons. The second-order valence-corrected chi connectivity index (χ2v) is 5.91. The van der Waals surface area contributed by atoms with Crippen molar-refractivity contribution >= 4 is 40.1 Å². The third kappa shape index (κ3) is 3.56. The van der Waals surface area contributed by atoms with E-state index in [-0.39, 0.29) is 11.9 Å². The lowest BCUT2D eigenvalue weighted by Gasteiger charge is -2.11. The zero-order valence-corrected chi connectivity index (χ0v) is 12.2. The Bertz CT molecular complexity index is 435. The van der Waals surface area contributed by atoms with Crippen molar-refractivity contribution in [2.45, 2.75) is 18.9 Å². The number of amides is 1. The molecule has 1 aromatic rings. The van der Waals surface area contributed by atoms with Crippen LogP contribution in [0.2, 0.25) is 5.02 Å². The smallest absolute Gasteiger partial charge is 0.251 e. The summed E-state index contributed by atoms with van der Waals surface area (Å²) < 4.78 is 0.878. The molecular formula is C12H14ClIN2O. The predicted molar refractivity (Wildman–Crippen MR) is 77.2 cm³/mol. The Morgan fingerprint density at radius 3 is 2.88 bits per heavy atom. The molecule has 1 aromatic carbocycles. The standard InChI is InChI=1S/C12H14ClIN2O/c13-9-4-3-8(5-10(9)14)12(17)16-6-11(15)7-1-2-7/h3-5,7,11H,1-2,6,15H2,(H,16,17). The maximum Gasteiger partial charge on any atom is 0.251 e. The number of carbonyl (C=O) groups excluding carboxylic acids is 1. The van der Waals surface area contributed by atoms with Gasteiger partial charge < -0.3 is 11.1 Å². The lowest BCUT2D eigenvalue weighted by Crippen LogP contribution is -2.38. The molecule has 0 spiro atoms. The molecular weight excluding hydrogens is 351 g/mol. The Balaban J connectivity index is 1.92. The van der Waals surface area contributed by atoms with Gasteiger partial charge in [-0.05, 0) is 59.5 Å². The first-order valence-electron chi connectivity index (χ1n) is 5.57. The maximum atomic E-state index is 11.8. The zero-order chi connectivity index (χ0) is 12.4. The fourth-order valence-corrected chi connectivity index (χ4v) is 2.27. The average Bonchev–Trinajstić information content (AvgIpc) is 3.13. The van der Waals surface area contributed by atoms with E-state index in [0.717, 1.165) is 3.57 Å². The minimum absolute atomic E-state index is 0.0873. The van der Waals surface area contributed by atoms with Gasteiger partial charge in [0.15, 0.2) is 0 Å². The normalized spacial score (nSPS) is 16.6. The monoisotopic (exact) mass is 364 g/mol. The Morgan fingerprint density at radius 1 is 1.59 bits per heavy atom. The van der Waals surface area contributed by atoms with Gasteiger partial charge in [0.1, 0.15) is 0 Å². The van der Waals surface area contributed by atoms with Gasteiger partial charge in [-0.2, -0.15) is 0 Å². The van der Waals surface area contributed by atoms with Gasteiger partial charge in [0, 0.05) is 21.7 Å². The number of nitrogens with two attached hydrogens (primary N) is 1. The van der Waals surface area contributed by atoms with Gasteiger partial charge in [-0.3, -0.25) is 4.79 Å². The highest BCUT2D eigenvalue weighted by atomic mass is 127. The number of hydrogen-bond acceptors (Lipinski definition) is 2. The van der Waals surface area contributed by atoms with Crippen LogP contribution in [-0.4, -0.2) is 18.5 Å². The van der Waals surface area contributed by atoms with Gasteiger partial charge in [0.05, 0.1) is 5.02 Å². The van der Waals surface area contributed by atoms with Crippen molar-refractivity contribution in [2.75, 3.05) is 6.54 Å². The molecule has 2 rings (SSSR count). The largest absolute Gasteiger partial charge is 0.350 e. The van der Waals surface area contributed by atoms with Crippen LogP contribution >= 0.6 is 34.2 Å². The number of hydrogen-bond donors (Lipinski definition) is 2. The van der Waals surface area contributed by atoms with Gasteiger partial charge in [-0.15, -0.1) is 0 Å². The third-order valence-corrected chi connectivity index (χ3v) is 4.45. The van der Waals surface area contributed by atoms with Crippen LogP contribution in [0.1, 0.15) is 23.2 Å². The molecule has 3 N–H and O–H groups in total. The molecule has 0 aromatic heterocycles. The van der Waals surface area contributed by atoms with E-state index in [9.17, 15) is 4.79 Å². The lowest BCUT2D eigenvalue weighted by atomic mass is 10.2. The molecule has 1 atom stereocenters. The molecule has 3 nitrogen and oxygen atoms in total. The van der Waals surface area contributed by atoms with Crippen LogP contribution in [-0.2, 0) is 0 Å². The van der Waals surface area contributed by atoms with Crippen molar-refractivity contribution in [2.24, 2.45) is 11.7 Å². The molecule has 1 fully saturated rings. The van der Waals surface area contributed by atoms with Crippen LogP contribution in [0.15, 0.2) is 18.2 Å². The summed E-state index contributed by atoms with van der Waals surface area (Å²) in [6.45, 7) is 0.544. The van der Waals surface area contributed by atoms with Crippen molar-refractivity contribution in [3.8, 4) is 0 Å². The van der Waals surface area contributed by atoms with Gasteiger partial charge in [-0.25, -0.2) is 0 Å². The van der Waals surface area contributed by atoms with Crippen LogP contribution in [0.4, 0.5) is 0 Å². The Hall–Kier alpha value is -0.330. The summed E-state index contributed by atoms with van der Waals surface area (Å²) in [7, 11) is 0. The fourth-order valence-electron chi connectivity index (χ4n) is 1.64. The van der Waals surface area contributed by atoms with Crippen molar-refractivity contribution < 1.29 is 4.79 Å². The highest BCUT2D eigenvalue weighted by molar-refractivity contribution is 14.1. The fraction of sp³-hybridized carbons (Fsp3) is 0.417. The number of rotatable bonds is 4. The van der Waals surface area contributed by atoms with E-state index in [4.69, 9.17) is 17.3 Å². The summed E-state index contributed by atoms with van der Waals surface area (Å²) in [5.74, 6) is 0.510. The first-order valence-corrected chi connectivity index (χ1v) is 7.02. The van der Waals surface area contributed by atoms with Crippen LogP contribution in [0.25, 0.3) is 0 Å². The SMILES string of the molecule is NC(CNC(=O)c1ccc(Cl)c(I)c1)C1CC1. The second-order valence-electron chi connectivity index (χ2n) is 4.34. The average molecular weight is 365 g/mol. The molecule has 17 heavy (non-hydrogen) atoms. The van der Waals surface area contributed by atoms with Crippen molar-refractivity contribution in [1.82, 2.24) is 5.32 Å². The van der Waals surface area contributed by atoms with Crippen molar-refractivity contribution in [1.29, 1.82) is 0 Å². The van der Waals surface area contributed by atoms with Crippen LogP contribution < -0.4 is 11.1 Å². The topological polar surface area (TPSA) is 55.1 Å². The zero-order valence-electron chi connectivity index (χ0n) is 9.25. The highest BCUT2D eigenvalue weighted by Crippen LogP contribution is 2.31.